The second-order valence-electron chi connectivity index (χ2n) is 6.05. The van der Waals surface area contributed by atoms with Gasteiger partial charge in [0.15, 0.2) is 0 Å². The summed E-state index contributed by atoms with van der Waals surface area (Å²) in [5, 5.41) is 3.76. The highest BCUT2D eigenvalue weighted by Crippen LogP contribution is 2.43. The highest BCUT2D eigenvalue weighted by Gasteiger charge is 2.37. The van der Waals surface area contributed by atoms with Crippen molar-refractivity contribution in [3.05, 3.63) is 33.5 Å². The van der Waals surface area contributed by atoms with Crippen LogP contribution >= 0.6 is 11.3 Å². The van der Waals surface area contributed by atoms with E-state index in [2.05, 4.69) is 34.9 Å². The first kappa shape index (κ1) is 11.2. The van der Waals surface area contributed by atoms with Gasteiger partial charge in [-0.05, 0) is 56.2 Å². The lowest BCUT2D eigenvalue weighted by Crippen LogP contribution is -2.15. The molecule has 2 aliphatic carbocycles. The third-order valence-corrected chi connectivity index (χ3v) is 6.22. The smallest absolute Gasteiger partial charge is 0.0481 e. The third kappa shape index (κ3) is 1.78. The van der Waals surface area contributed by atoms with Crippen molar-refractivity contribution in [1.82, 2.24) is 5.32 Å². The maximum atomic E-state index is 3.76. The summed E-state index contributed by atoms with van der Waals surface area (Å²) in [5.41, 5.74) is 1.67. The minimum Gasteiger partial charge on any atom is -0.308 e. The van der Waals surface area contributed by atoms with Gasteiger partial charge in [0.05, 0.1) is 0 Å². The lowest BCUT2D eigenvalue weighted by Gasteiger charge is -2.15. The van der Waals surface area contributed by atoms with Gasteiger partial charge in [-0.25, -0.2) is 0 Å². The molecule has 1 saturated heterocycles. The van der Waals surface area contributed by atoms with Crippen LogP contribution in [0.3, 0.4) is 0 Å². The molecule has 3 aliphatic rings. The van der Waals surface area contributed by atoms with Gasteiger partial charge in [-0.1, -0.05) is 18.6 Å². The summed E-state index contributed by atoms with van der Waals surface area (Å²) in [6.45, 7) is 1.21. The molecule has 2 heterocycles. The zero-order valence-electron chi connectivity index (χ0n) is 10.8. The Morgan fingerprint density at radius 2 is 2.11 bits per heavy atom. The average Bonchev–Trinajstić information content (AvgIpc) is 3.02. The van der Waals surface area contributed by atoms with Gasteiger partial charge in [-0.2, -0.15) is 0 Å². The van der Waals surface area contributed by atoms with Crippen LogP contribution < -0.4 is 5.32 Å². The molecule has 0 aromatic carbocycles. The lowest BCUT2D eigenvalue weighted by atomic mass is 9.93. The highest BCUT2D eigenvalue weighted by atomic mass is 32.1. The quantitative estimate of drug-likeness (QED) is 0.596. The van der Waals surface area contributed by atoms with Crippen LogP contribution in [0.5, 0.6) is 0 Å². The second-order valence-corrected chi connectivity index (χ2v) is 7.21. The van der Waals surface area contributed by atoms with Crippen molar-refractivity contribution in [2.45, 2.75) is 44.6 Å². The van der Waals surface area contributed by atoms with Gasteiger partial charge in [0.1, 0.15) is 0 Å². The van der Waals surface area contributed by atoms with E-state index in [1.807, 2.05) is 0 Å². The Bertz CT molecular complexity index is 450. The fourth-order valence-corrected chi connectivity index (χ4v) is 5.27. The molecule has 1 N–H and O–H groups in total. The largest absolute Gasteiger partial charge is 0.308 e. The molecule has 1 aromatic heterocycles. The normalized spacial score (nSPS) is 34.3. The lowest BCUT2D eigenvalue weighted by molar-refractivity contribution is 0.481. The number of rotatable bonds is 1. The Hall–Kier alpha value is -0.600. The maximum Gasteiger partial charge on any atom is 0.0481 e. The fourth-order valence-electron chi connectivity index (χ4n) is 3.88. The Morgan fingerprint density at radius 3 is 3.11 bits per heavy atom. The molecule has 1 aliphatic heterocycles. The van der Waals surface area contributed by atoms with Crippen LogP contribution in [-0.4, -0.2) is 6.54 Å². The van der Waals surface area contributed by atoms with E-state index in [4.69, 9.17) is 0 Å². The van der Waals surface area contributed by atoms with E-state index in [0.717, 1.165) is 11.8 Å². The number of hydrogen-bond donors (Lipinski definition) is 1. The van der Waals surface area contributed by atoms with Gasteiger partial charge < -0.3 is 5.32 Å². The second kappa shape index (κ2) is 4.50. The molecule has 3 atom stereocenters. The molecule has 3 unspecified atom stereocenters. The number of allylic oxidation sites excluding steroid dienone is 1. The van der Waals surface area contributed by atoms with Crippen molar-refractivity contribution in [1.29, 1.82) is 0 Å². The first-order valence-electron chi connectivity index (χ1n) is 7.43. The fraction of sp³-hybridized carbons (Fsp3) is 0.625. The van der Waals surface area contributed by atoms with Crippen molar-refractivity contribution in [3.8, 4) is 0 Å². The summed E-state index contributed by atoms with van der Waals surface area (Å²) in [7, 11) is 0. The van der Waals surface area contributed by atoms with Gasteiger partial charge in [-0.3, -0.25) is 0 Å². The number of nitrogens with one attached hydrogen (secondary N) is 1. The van der Waals surface area contributed by atoms with Crippen LogP contribution in [0.15, 0.2) is 18.2 Å². The predicted octanol–water partition coefficient (Wildman–Crippen LogP) is 3.85. The molecular weight excluding hydrogens is 238 g/mol. The first-order valence-corrected chi connectivity index (χ1v) is 8.25. The van der Waals surface area contributed by atoms with Crippen LogP contribution in [0, 0.1) is 11.8 Å². The number of fused-ring (bicyclic) bond motifs is 2. The standard InChI is InChI=1S/C16H21NS/c1-2-5-11-9-15(18-14(11)8-3-1)16-13-7-4-6-12(13)10-17-16/h4,7,9,12-13,16-17H,1-3,5-6,8,10H2. The van der Waals surface area contributed by atoms with E-state index in [1.165, 1.54) is 45.1 Å². The Kier molecular flexibility index (Phi) is 2.81. The Morgan fingerprint density at radius 1 is 1.17 bits per heavy atom. The summed E-state index contributed by atoms with van der Waals surface area (Å²) in [6, 6.07) is 3.14. The van der Waals surface area contributed by atoms with E-state index >= 15 is 0 Å². The van der Waals surface area contributed by atoms with Crippen LogP contribution in [-0.2, 0) is 12.8 Å². The summed E-state index contributed by atoms with van der Waals surface area (Å²) in [6.07, 6.45) is 13.0. The minimum atomic E-state index is 0.616. The van der Waals surface area contributed by atoms with Gasteiger partial charge >= 0.3 is 0 Å². The molecule has 0 bridgehead atoms. The summed E-state index contributed by atoms with van der Waals surface area (Å²) < 4.78 is 0. The SMILES string of the molecule is C1=CC2C(C1)CNC2c1cc2c(s1)CCCCC2. The zero-order chi connectivity index (χ0) is 11.9. The van der Waals surface area contributed by atoms with Crippen molar-refractivity contribution < 1.29 is 0 Å². The van der Waals surface area contributed by atoms with Crippen molar-refractivity contribution in [2.24, 2.45) is 11.8 Å². The third-order valence-electron chi connectivity index (χ3n) is 4.90. The van der Waals surface area contributed by atoms with Crippen LogP contribution in [0.2, 0.25) is 0 Å². The molecule has 0 saturated carbocycles. The van der Waals surface area contributed by atoms with E-state index in [0.29, 0.717) is 6.04 Å². The molecule has 1 nitrogen and oxygen atoms in total. The first-order chi connectivity index (χ1) is 8.92. The monoisotopic (exact) mass is 259 g/mol. The van der Waals surface area contributed by atoms with Crippen LogP contribution in [0.1, 0.15) is 47.0 Å². The molecule has 0 radical (unpaired) electrons. The molecule has 1 aromatic rings. The summed E-state index contributed by atoms with van der Waals surface area (Å²) in [4.78, 5) is 3.30. The van der Waals surface area contributed by atoms with Crippen LogP contribution in [0.4, 0.5) is 0 Å². The minimum absolute atomic E-state index is 0.616. The van der Waals surface area contributed by atoms with Crippen molar-refractivity contribution >= 4 is 11.3 Å². The van der Waals surface area contributed by atoms with Crippen LogP contribution in [0.25, 0.3) is 0 Å². The zero-order valence-corrected chi connectivity index (χ0v) is 11.6. The summed E-state index contributed by atoms with van der Waals surface area (Å²) >= 11 is 2.10. The van der Waals surface area contributed by atoms with E-state index in [1.54, 1.807) is 15.3 Å². The molecule has 2 heteroatoms. The van der Waals surface area contributed by atoms with Crippen molar-refractivity contribution in [2.75, 3.05) is 6.54 Å². The molecule has 0 amide bonds. The summed E-state index contributed by atoms with van der Waals surface area (Å²) in [5.74, 6) is 1.64. The average molecular weight is 259 g/mol. The van der Waals surface area contributed by atoms with E-state index in [9.17, 15) is 0 Å². The predicted molar refractivity (Wildman–Crippen MR) is 77.1 cm³/mol. The highest BCUT2D eigenvalue weighted by molar-refractivity contribution is 7.12. The topological polar surface area (TPSA) is 12.0 Å². The number of hydrogen-bond acceptors (Lipinski definition) is 2. The Labute approximate surface area is 113 Å². The molecule has 18 heavy (non-hydrogen) atoms. The molecule has 96 valence electrons. The van der Waals surface area contributed by atoms with Crippen molar-refractivity contribution in [3.63, 3.8) is 0 Å². The molecule has 0 spiro atoms. The maximum absolute atomic E-state index is 3.76. The molecule has 4 rings (SSSR count). The van der Waals surface area contributed by atoms with E-state index < -0.39 is 0 Å². The number of aryl methyl sites for hydroxylation is 2. The Balaban J connectivity index is 1.63. The number of thiophene rings is 1. The van der Waals surface area contributed by atoms with Gasteiger partial charge in [0, 0.05) is 21.7 Å². The van der Waals surface area contributed by atoms with E-state index in [-0.39, 0.29) is 0 Å². The molecular formula is C16H21NS. The van der Waals surface area contributed by atoms with Gasteiger partial charge in [-0.15, -0.1) is 11.3 Å². The van der Waals surface area contributed by atoms with Gasteiger partial charge in [0.25, 0.3) is 0 Å². The van der Waals surface area contributed by atoms with Gasteiger partial charge in [0.2, 0.25) is 0 Å². The molecule has 1 fully saturated rings.